The highest BCUT2D eigenvalue weighted by molar-refractivity contribution is 7.89. The topological polar surface area (TPSA) is 112 Å². The molecule has 2 aromatic carbocycles. The molecule has 0 spiro atoms. The first-order valence-corrected chi connectivity index (χ1v) is 10.6. The molecule has 0 saturated heterocycles. The number of carbonyl (C=O) groups is 1. The van der Waals surface area contributed by atoms with E-state index in [0.717, 1.165) is 9.87 Å². The van der Waals surface area contributed by atoms with Crippen molar-refractivity contribution in [2.24, 2.45) is 5.73 Å². The van der Waals surface area contributed by atoms with E-state index in [1.165, 1.54) is 12.1 Å². The average molecular weight is 425 g/mol. The van der Waals surface area contributed by atoms with Crippen molar-refractivity contribution in [2.75, 3.05) is 6.54 Å². The minimum Gasteiger partial charge on any atom is -0.457 e. The zero-order chi connectivity index (χ0) is 21.1. The molecule has 0 bridgehead atoms. The Balaban J connectivity index is 1.62. The van der Waals surface area contributed by atoms with Crippen LogP contribution < -0.4 is 10.5 Å². The first kappa shape index (κ1) is 19.9. The van der Waals surface area contributed by atoms with Crippen LogP contribution in [0.2, 0.25) is 0 Å². The molecule has 1 aliphatic rings. The summed E-state index contributed by atoms with van der Waals surface area (Å²) in [7, 11) is -3.95. The largest absolute Gasteiger partial charge is 0.457 e. The van der Waals surface area contributed by atoms with Gasteiger partial charge in [-0.1, -0.05) is 24.3 Å². The molecule has 154 valence electrons. The number of aromatic nitrogens is 1. The van der Waals surface area contributed by atoms with Crippen molar-refractivity contribution in [2.45, 2.75) is 17.5 Å². The minimum absolute atomic E-state index is 0.0574. The lowest BCUT2D eigenvalue weighted by atomic mass is 10.00. The predicted molar refractivity (Wildman–Crippen MR) is 108 cm³/mol. The summed E-state index contributed by atoms with van der Waals surface area (Å²) in [5, 5.41) is 0. The van der Waals surface area contributed by atoms with E-state index < -0.39 is 22.3 Å². The number of nitrogens with zero attached hydrogens (tertiary/aromatic N) is 2. The summed E-state index contributed by atoms with van der Waals surface area (Å²) in [6.45, 7) is 0.159. The van der Waals surface area contributed by atoms with Crippen molar-refractivity contribution >= 4 is 16.1 Å². The Labute approximate surface area is 173 Å². The Hall–Kier alpha value is -3.43. The number of rotatable bonds is 5. The SMILES string of the molecule is NC(=O)OC1c2ccccc2CCN1S(=O)(=O)c1ccc(Oc2ccncc2)cc1. The fraction of sp³-hybridized carbons (Fsp3) is 0.143. The van der Waals surface area contributed by atoms with Crippen molar-refractivity contribution < 1.29 is 22.7 Å². The van der Waals surface area contributed by atoms with Crippen molar-refractivity contribution in [3.63, 3.8) is 0 Å². The number of carbonyl (C=O) groups excluding carboxylic acids is 1. The first-order chi connectivity index (χ1) is 14.4. The van der Waals surface area contributed by atoms with Crippen molar-refractivity contribution in [1.29, 1.82) is 0 Å². The molecule has 1 amide bonds. The van der Waals surface area contributed by atoms with Crippen molar-refractivity contribution in [3.05, 3.63) is 84.2 Å². The van der Waals surface area contributed by atoms with E-state index in [0.29, 0.717) is 23.5 Å². The normalized spacial score (nSPS) is 16.5. The number of nitrogens with two attached hydrogens (primary N) is 1. The van der Waals surface area contributed by atoms with Gasteiger partial charge in [0.15, 0.2) is 6.23 Å². The highest BCUT2D eigenvalue weighted by atomic mass is 32.2. The molecule has 8 nitrogen and oxygen atoms in total. The minimum atomic E-state index is -3.95. The van der Waals surface area contributed by atoms with Gasteiger partial charge in [0.1, 0.15) is 11.5 Å². The third-order valence-corrected chi connectivity index (χ3v) is 6.59. The summed E-state index contributed by atoms with van der Waals surface area (Å²) >= 11 is 0. The summed E-state index contributed by atoms with van der Waals surface area (Å²) in [6, 6.07) is 16.6. The quantitative estimate of drug-likeness (QED) is 0.672. The maximum Gasteiger partial charge on any atom is 0.406 e. The Morgan fingerprint density at radius 2 is 1.67 bits per heavy atom. The Bertz CT molecular complexity index is 1150. The van der Waals surface area contributed by atoms with Crippen LogP contribution in [0.25, 0.3) is 0 Å². The zero-order valence-electron chi connectivity index (χ0n) is 15.8. The van der Waals surface area contributed by atoms with Crippen LogP contribution in [0.1, 0.15) is 17.4 Å². The van der Waals surface area contributed by atoms with Crippen molar-refractivity contribution in [3.8, 4) is 11.5 Å². The molecule has 1 aliphatic heterocycles. The molecule has 9 heteroatoms. The van der Waals surface area contributed by atoms with Crippen molar-refractivity contribution in [1.82, 2.24) is 9.29 Å². The molecular formula is C21H19N3O5S. The lowest BCUT2D eigenvalue weighted by molar-refractivity contribution is 0.0295. The first-order valence-electron chi connectivity index (χ1n) is 9.19. The number of hydrogen-bond acceptors (Lipinski definition) is 6. The molecule has 1 atom stereocenters. The van der Waals surface area contributed by atoms with Crippen LogP contribution in [0.3, 0.4) is 0 Å². The van der Waals surface area contributed by atoms with Gasteiger partial charge in [-0.2, -0.15) is 4.31 Å². The van der Waals surface area contributed by atoms with Crippen LogP contribution in [0.4, 0.5) is 4.79 Å². The van der Waals surface area contributed by atoms with E-state index in [9.17, 15) is 13.2 Å². The third-order valence-electron chi connectivity index (χ3n) is 4.73. The lowest BCUT2D eigenvalue weighted by Gasteiger charge is -2.35. The van der Waals surface area contributed by atoms with Gasteiger partial charge in [0.05, 0.1) is 4.90 Å². The van der Waals surface area contributed by atoms with Gasteiger partial charge in [0.2, 0.25) is 10.0 Å². The molecule has 3 aromatic rings. The molecule has 0 fully saturated rings. The number of primary amides is 1. The summed E-state index contributed by atoms with van der Waals surface area (Å²) in [4.78, 5) is 15.4. The van der Waals surface area contributed by atoms with E-state index in [1.807, 2.05) is 12.1 Å². The van der Waals surface area contributed by atoms with Crippen LogP contribution in [0.15, 0.2) is 78.0 Å². The van der Waals surface area contributed by atoms with Crippen LogP contribution in [-0.4, -0.2) is 30.3 Å². The molecule has 4 rings (SSSR count). The molecule has 2 heterocycles. The zero-order valence-corrected chi connectivity index (χ0v) is 16.7. The second-order valence-corrected chi connectivity index (χ2v) is 8.50. The molecule has 1 unspecified atom stereocenters. The van der Waals surface area contributed by atoms with Gasteiger partial charge in [-0.05, 0) is 48.4 Å². The number of ether oxygens (including phenoxy) is 2. The van der Waals surface area contributed by atoms with E-state index in [-0.39, 0.29) is 11.4 Å². The number of fused-ring (bicyclic) bond motifs is 1. The van der Waals surface area contributed by atoms with Crippen LogP contribution in [0.5, 0.6) is 11.5 Å². The summed E-state index contributed by atoms with van der Waals surface area (Å²) in [5.41, 5.74) is 6.73. The number of hydrogen-bond donors (Lipinski definition) is 1. The van der Waals surface area contributed by atoms with E-state index in [4.69, 9.17) is 15.2 Å². The lowest BCUT2D eigenvalue weighted by Crippen LogP contribution is -2.42. The van der Waals surface area contributed by atoms with Gasteiger partial charge in [0, 0.05) is 24.5 Å². The second-order valence-electron chi connectivity index (χ2n) is 6.61. The van der Waals surface area contributed by atoms with Gasteiger partial charge in [-0.15, -0.1) is 0 Å². The van der Waals surface area contributed by atoms with Gasteiger partial charge < -0.3 is 15.2 Å². The van der Waals surface area contributed by atoms with Crippen LogP contribution in [0, 0.1) is 0 Å². The van der Waals surface area contributed by atoms with Crippen LogP contribution in [-0.2, 0) is 21.2 Å². The third kappa shape index (κ3) is 3.98. The van der Waals surface area contributed by atoms with E-state index in [1.54, 1.807) is 48.8 Å². The summed E-state index contributed by atoms with van der Waals surface area (Å²) in [5.74, 6) is 1.07. The van der Waals surface area contributed by atoms with Gasteiger partial charge in [-0.25, -0.2) is 13.2 Å². The Kier molecular flexibility index (Phi) is 5.39. The van der Waals surface area contributed by atoms with Gasteiger partial charge >= 0.3 is 6.09 Å². The predicted octanol–water partition coefficient (Wildman–Crippen LogP) is 3.21. The number of benzene rings is 2. The van der Waals surface area contributed by atoms with E-state index in [2.05, 4.69) is 4.98 Å². The van der Waals surface area contributed by atoms with Gasteiger partial charge in [-0.3, -0.25) is 4.98 Å². The van der Waals surface area contributed by atoms with Gasteiger partial charge in [0.25, 0.3) is 0 Å². The highest BCUT2D eigenvalue weighted by Gasteiger charge is 2.38. The Morgan fingerprint density at radius 1 is 1.00 bits per heavy atom. The maximum atomic E-state index is 13.3. The molecule has 0 saturated carbocycles. The Morgan fingerprint density at radius 3 is 2.37 bits per heavy atom. The maximum absolute atomic E-state index is 13.3. The van der Waals surface area contributed by atoms with Crippen LogP contribution >= 0.6 is 0 Å². The summed E-state index contributed by atoms with van der Waals surface area (Å²) < 4.78 is 38.6. The summed E-state index contributed by atoms with van der Waals surface area (Å²) in [6.07, 6.45) is 1.53. The van der Waals surface area contributed by atoms with E-state index >= 15 is 0 Å². The molecule has 2 N–H and O–H groups in total. The number of sulfonamides is 1. The number of amides is 1. The molecule has 0 radical (unpaired) electrons. The molecule has 1 aromatic heterocycles. The molecule has 30 heavy (non-hydrogen) atoms. The average Bonchev–Trinajstić information content (AvgIpc) is 2.74. The standard InChI is InChI=1S/C21H19N3O5S/c22-21(25)29-20-19-4-2-1-3-15(19)11-14-24(20)30(26,27)18-7-5-16(6-8-18)28-17-9-12-23-13-10-17/h1-10,12-13,20H,11,14H2,(H2,22,25). The number of pyridine rings is 1. The fourth-order valence-electron chi connectivity index (χ4n) is 3.34. The molecular weight excluding hydrogens is 406 g/mol. The fourth-order valence-corrected chi connectivity index (χ4v) is 4.83. The monoisotopic (exact) mass is 425 g/mol. The smallest absolute Gasteiger partial charge is 0.406 e. The highest BCUT2D eigenvalue weighted by Crippen LogP contribution is 2.35. The molecule has 0 aliphatic carbocycles. The second kappa shape index (κ2) is 8.13.